The van der Waals surface area contributed by atoms with Gasteiger partial charge in [-0.3, -0.25) is 0 Å². The molecule has 0 heterocycles. The van der Waals surface area contributed by atoms with E-state index in [9.17, 15) is 4.79 Å². The van der Waals surface area contributed by atoms with Crippen LogP contribution < -0.4 is 4.90 Å². The molecule has 2 heteroatoms. The molecular formula is C13H19NO. The maximum atomic E-state index is 10.8. The van der Waals surface area contributed by atoms with Gasteiger partial charge in [-0.2, -0.15) is 0 Å². The van der Waals surface area contributed by atoms with Crippen molar-refractivity contribution < 1.29 is 4.79 Å². The molecule has 1 aromatic carbocycles. The quantitative estimate of drug-likeness (QED) is 0.736. The van der Waals surface area contributed by atoms with E-state index in [1.807, 2.05) is 12.1 Å². The van der Waals surface area contributed by atoms with E-state index in [-0.39, 0.29) is 5.78 Å². The molecule has 0 bridgehead atoms. The lowest BCUT2D eigenvalue weighted by Gasteiger charge is -2.20. The number of rotatable bonds is 5. The predicted octanol–water partition coefficient (Wildman–Crippen LogP) is 2.80. The van der Waals surface area contributed by atoms with Gasteiger partial charge in [0.05, 0.1) is 0 Å². The number of anilines is 1. The Bertz CT molecular complexity index is 333. The fraction of sp³-hybridized carbons (Fsp3) is 0.462. The molecule has 1 aromatic rings. The van der Waals surface area contributed by atoms with Crippen LogP contribution in [-0.4, -0.2) is 19.4 Å². The molecular weight excluding hydrogens is 186 g/mol. The van der Waals surface area contributed by atoms with Crippen LogP contribution in [0.1, 0.15) is 25.3 Å². The standard InChI is InChI=1S/C13H19NO/c1-11-7-4-5-9-13(11)14(3)10-6-8-12(2)15/h4-5,7,9H,6,8,10H2,1-3H3. The molecule has 0 amide bonds. The maximum Gasteiger partial charge on any atom is 0.129 e. The molecule has 0 aromatic heterocycles. The van der Waals surface area contributed by atoms with Crippen LogP contribution in [0.4, 0.5) is 5.69 Å². The normalized spacial score (nSPS) is 10.1. The van der Waals surface area contributed by atoms with Crippen molar-refractivity contribution in [1.29, 1.82) is 0 Å². The van der Waals surface area contributed by atoms with Gasteiger partial charge >= 0.3 is 0 Å². The molecule has 82 valence electrons. The summed E-state index contributed by atoms with van der Waals surface area (Å²) in [6.07, 6.45) is 1.61. The SMILES string of the molecule is CC(=O)CCCN(C)c1ccccc1C. The van der Waals surface area contributed by atoms with Gasteiger partial charge in [-0.05, 0) is 31.9 Å². The number of para-hydroxylation sites is 1. The lowest BCUT2D eigenvalue weighted by atomic mass is 10.1. The van der Waals surface area contributed by atoms with Crippen LogP contribution in [0.3, 0.4) is 0 Å². The van der Waals surface area contributed by atoms with Gasteiger partial charge in [0.1, 0.15) is 5.78 Å². The Morgan fingerprint density at radius 2 is 2.00 bits per heavy atom. The molecule has 0 unspecified atom stereocenters. The summed E-state index contributed by atoms with van der Waals surface area (Å²) in [4.78, 5) is 13.0. The molecule has 0 aliphatic rings. The zero-order chi connectivity index (χ0) is 11.3. The van der Waals surface area contributed by atoms with Crippen molar-refractivity contribution in [2.75, 3.05) is 18.5 Å². The summed E-state index contributed by atoms with van der Waals surface area (Å²) < 4.78 is 0. The van der Waals surface area contributed by atoms with Crippen molar-refractivity contribution in [3.05, 3.63) is 29.8 Å². The first-order valence-electron chi connectivity index (χ1n) is 5.37. The van der Waals surface area contributed by atoms with E-state index in [0.717, 1.165) is 13.0 Å². The van der Waals surface area contributed by atoms with Gasteiger partial charge in [-0.25, -0.2) is 0 Å². The topological polar surface area (TPSA) is 20.3 Å². The Morgan fingerprint density at radius 1 is 1.33 bits per heavy atom. The van der Waals surface area contributed by atoms with Crippen molar-refractivity contribution in [1.82, 2.24) is 0 Å². The number of Topliss-reactive ketones (excluding diaryl/α,β-unsaturated/α-hetero) is 1. The molecule has 0 N–H and O–H groups in total. The van der Waals surface area contributed by atoms with Crippen molar-refractivity contribution in [2.24, 2.45) is 0 Å². The molecule has 0 fully saturated rings. The molecule has 0 aliphatic heterocycles. The zero-order valence-corrected chi connectivity index (χ0v) is 9.79. The predicted molar refractivity (Wildman–Crippen MR) is 64.4 cm³/mol. The molecule has 0 aliphatic carbocycles. The highest BCUT2D eigenvalue weighted by Gasteiger charge is 2.03. The highest BCUT2D eigenvalue weighted by Crippen LogP contribution is 2.17. The maximum absolute atomic E-state index is 10.8. The first-order valence-corrected chi connectivity index (χ1v) is 5.37. The summed E-state index contributed by atoms with van der Waals surface area (Å²) in [5.41, 5.74) is 2.53. The number of aryl methyl sites for hydroxylation is 1. The molecule has 15 heavy (non-hydrogen) atoms. The molecule has 1 rings (SSSR count). The number of hydrogen-bond donors (Lipinski definition) is 0. The Kier molecular flexibility index (Phi) is 4.35. The lowest BCUT2D eigenvalue weighted by molar-refractivity contribution is -0.117. The monoisotopic (exact) mass is 205 g/mol. The average Bonchev–Trinajstić information content (AvgIpc) is 2.17. The second-order valence-corrected chi connectivity index (χ2v) is 4.01. The molecule has 0 spiro atoms. The van der Waals surface area contributed by atoms with Crippen LogP contribution in [0.2, 0.25) is 0 Å². The van der Waals surface area contributed by atoms with Gasteiger partial charge in [0, 0.05) is 25.7 Å². The van der Waals surface area contributed by atoms with E-state index in [4.69, 9.17) is 0 Å². The third-order valence-electron chi connectivity index (χ3n) is 2.55. The van der Waals surface area contributed by atoms with E-state index in [1.165, 1.54) is 11.3 Å². The van der Waals surface area contributed by atoms with Gasteiger partial charge in [-0.15, -0.1) is 0 Å². The summed E-state index contributed by atoms with van der Waals surface area (Å²) in [6, 6.07) is 8.31. The van der Waals surface area contributed by atoms with E-state index < -0.39 is 0 Å². The fourth-order valence-electron chi connectivity index (χ4n) is 1.68. The van der Waals surface area contributed by atoms with Crippen molar-refractivity contribution in [3.8, 4) is 0 Å². The highest BCUT2D eigenvalue weighted by atomic mass is 16.1. The Labute approximate surface area is 91.9 Å². The number of ketones is 1. The number of hydrogen-bond acceptors (Lipinski definition) is 2. The summed E-state index contributed by atoms with van der Waals surface area (Å²) >= 11 is 0. The third-order valence-corrected chi connectivity index (χ3v) is 2.55. The largest absolute Gasteiger partial charge is 0.374 e. The molecule has 0 saturated heterocycles. The molecule has 0 atom stereocenters. The van der Waals surface area contributed by atoms with Crippen molar-refractivity contribution in [2.45, 2.75) is 26.7 Å². The first-order chi connectivity index (χ1) is 7.11. The Hall–Kier alpha value is -1.31. The van der Waals surface area contributed by atoms with Crippen LogP contribution in [0.25, 0.3) is 0 Å². The van der Waals surface area contributed by atoms with E-state index in [2.05, 4.69) is 31.0 Å². The van der Waals surface area contributed by atoms with Crippen LogP contribution in [-0.2, 0) is 4.79 Å². The molecule has 0 saturated carbocycles. The van der Waals surface area contributed by atoms with Crippen LogP contribution in [0.5, 0.6) is 0 Å². The second kappa shape index (κ2) is 5.54. The fourth-order valence-corrected chi connectivity index (χ4v) is 1.68. The van der Waals surface area contributed by atoms with Gasteiger partial charge in [0.15, 0.2) is 0 Å². The minimum atomic E-state index is 0.271. The van der Waals surface area contributed by atoms with Gasteiger partial charge in [0.2, 0.25) is 0 Å². The Balaban J connectivity index is 2.50. The summed E-state index contributed by atoms with van der Waals surface area (Å²) in [5.74, 6) is 0.271. The smallest absolute Gasteiger partial charge is 0.129 e. The number of carbonyl (C=O) groups is 1. The summed E-state index contributed by atoms with van der Waals surface area (Å²) in [6.45, 7) is 4.69. The highest BCUT2D eigenvalue weighted by molar-refractivity contribution is 5.75. The van der Waals surface area contributed by atoms with Crippen molar-refractivity contribution >= 4 is 11.5 Å². The zero-order valence-electron chi connectivity index (χ0n) is 9.79. The van der Waals surface area contributed by atoms with E-state index >= 15 is 0 Å². The average molecular weight is 205 g/mol. The van der Waals surface area contributed by atoms with E-state index in [1.54, 1.807) is 6.92 Å². The van der Waals surface area contributed by atoms with Crippen LogP contribution >= 0.6 is 0 Å². The third kappa shape index (κ3) is 3.74. The number of nitrogens with zero attached hydrogens (tertiary/aromatic N) is 1. The minimum absolute atomic E-state index is 0.271. The molecule has 2 nitrogen and oxygen atoms in total. The van der Waals surface area contributed by atoms with Crippen molar-refractivity contribution in [3.63, 3.8) is 0 Å². The number of carbonyl (C=O) groups excluding carboxylic acids is 1. The summed E-state index contributed by atoms with van der Waals surface area (Å²) in [7, 11) is 2.07. The van der Waals surface area contributed by atoms with E-state index in [0.29, 0.717) is 6.42 Å². The first kappa shape index (κ1) is 11.8. The van der Waals surface area contributed by atoms with Crippen LogP contribution in [0, 0.1) is 6.92 Å². The lowest BCUT2D eigenvalue weighted by Crippen LogP contribution is -2.19. The van der Waals surface area contributed by atoms with Gasteiger partial charge < -0.3 is 9.69 Å². The Morgan fingerprint density at radius 3 is 2.60 bits per heavy atom. The number of benzene rings is 1. The minimum Gasteiger partial charge on any atom is -0.374 e. The van der Waals surface area contributed by atoms with Gasteiger partial charge in [-0.1, -0.05) is 18.2 Å². The second-order valence-electron chi connectivity index (χ2n) is 4.01. The van der Waals surface area contributed by atoms with Gasteiger partial charge in [0.25, 0.3) is 0 Å². The molecule has 0 radical (unpaired) electrons. The summed E-state index contributed by atoms with van der Waals surface area (Å²) in [5, 5.41) is 0. The van der Waals surface area contributed by atoms with Crippen LogP contribution in [0.15, 0.2) is 24.3 Å².